The number of anilines is 2. The Labute approximate surface area is 190 Å². The molecule has 1 saturated carbocycles. The fraction of sp³-hybridized carbons (Fsp3) is 0.375. The molecule has 6 nitrogen and oxygen atoms in total. The third kappa shape index (κ3) is 5.18. The second-order valence-electron chi connectivity index (χ2n) is 8.60. The molecule has 174 valence electrons. The lowest BCUT2D eigenvalue weighted by Crippen LogP contribution is -2.34. The Morgan fingerprint density at radius 3 is 2.42 bits per heavy atom. The molecule has 4 rings (SSSR count). The zero-order chi connectivity index (χ0) is 23.5. The van der Waals surface area contributed by atoms with E-state index in [1.165, 1.54) is 0 Å². The Morgan fingerprint density at radius 2 is 1.70 bits per heavy atom. The van der Waals surface area contributed by atoms with E-state index in [-0.39, 0.29) is 12.0 Å². The normalized spacial score (nSPS) is 18.2. The Morgan fingerprint density at radius 1 is 1.00 bits per heavy atom. The van der Waals surface area contributed by atoms with Crippen molar-refractivity contribution in [2.75, 3.05) is 30.9 Å². The van der Waals surface area contributed by atoms with E-state index in [1.54, 1.807) is 0 Å². The van der Waals surface area contributed by atoms with E-state index in [1.807, 2.05) is 43.3 Å². The minimum absolute atomic E-state index is 0.205. The maximum Gasteiger partial charge on any atom is 0.254 e. The van der Waals surface area contributed by atoms with E-state index < -0.39 is 28.9 Å². The van der Waals surface area contributed by atoms with Crippen LogP contribution in [0.15, 0.2) is 36.4 Å². The molecule has 0 unspecified atom stereocenters. The molecule has 9 heteroatoms. The summed E-state index contributed by atoms with van der Waals surface area (Å²) in [5.74, 6) is -2.73. The summed E-state index contributed by atoms with van der Waals surface area (Å²) in [6, 6.07) is 9.06. The predicted octanol–water partition coefficient (Wildman–Crippen LogP) is 4.51. The second-order valence-corrected chi connectivity index (χ2v) is 8.60. The van der Waals surface area contributed by atoms with Crippen molar-refractivity contribution >= 4 is 28.6 Å². The molecular formula is C24H26F3N5O. The average Bonchev–Trinajstić information content (AvgIpc) is 2.80. The van der Waals surface area contributed by atoms with Crippen LogP contribution in [-0.2, 0) is 0 Å². The van der Waals surface area contributed by atoms with Gasteiger partial charge in [0, 0.05) is 38.1 Å². The lowest BCUT2D eigenvalue weighted by Gasteiger charge is -2.29. The molecule has 1 heterocycles. The first kappa shape index (κ1) is 22.8. The number of benzene rings is 2. The van der Waals surface area contributed by atoms with E-state index in [0.717, 1.165) is 42.4 Å². The zero-order valence-corrected chi connectivity index (χ0v) is 18.5. The van der Waals surface area contributed by atoms with E-state index in [2.05, 4.69) is 20.6 Å². The van der Waals surface area contributed by atoms with E-state index >= 15 is 0 Å². The lowest BCUT2D eigenvalue weighted by atomic mass is 9.86. The van der Waals surface area contributed by atoms with Gasteiger partial charge >= 0.3 is 0 Å². The standard InChI is InChI=1S/C24H26F3N5O/c1-32(2)22-16-5-3-4-6-21(16)30-24(31-22)29-15-9-7-14(8-10-15)13-28-23(33)17-11-19(26)20(27)12-18(17)25/h3-6,11-12,14-15H,7-10,13H2,1-2H3,(H,28,33)(H,29,30,31)/t14-,15+. The highest BCUT2D eigenvalue weighted by Gasteiger charge is 2.24. The van der Waals surface area contributed by atoms with Crippen molar-refractivity contribution in [2.45, 2.75) is 31.7 Å². The van der Waals surface area contributed by atoms with Crippen LogP contribution in [0.4, 0.5) is 24.9 Å². The quantitative estimate of drug-likeness (QED) is 0.533. The molecule has 0 radical (unpaired) electrons. The van der Waals surface area contributed by atoms with Crippen molar-refractivity contribution in [1.82, 2.24) is 15.3 Å². The van der Waals surface area contributed by atoms with Gasteiger partial charge in [-0.2, -0.15) is 4.98 Å². The van der Waals surface area contributed by atoms with Gasteiger partial charge in [-0.1, -0.05) is 12.1 Å². The Kier molecular flexibility index (Phi) is 6.67. The molecule has 0 spiro atoms. The third-order valence-corrected chi connectivity index (χ3v) is 5.99. The molecule has 33 heavy (non-hydrogen) atoms. The summed E-state index contributed by atoms with van der Waals surface area (Å²) in [6.07, 6.45) is 3.44. The molecule has 1 aromatic heterocycles. The van der Waals surface area contributed by atoms with Crippen molar-refractivity contribution in [2.24, 2.45) is 5.92 Å². The highest BCUT2D eigenvalue weighted by atomic mass is 19.2. The summed E-state index contributed by atoms with van der Waals surface area (Å²) in [4.78, 5) is 23.5. The summed E-state index contributed by atoms with van der Waals surface area (Å²) in [6.45, 7) is 0.348. The van der Waals surface area contributed by atoms with Gasteiger partial charge in [0.2, 0.25) is 5.95 Å². The van der Waals surface area contributed by atoms with Crippen LogP contribution in [0.1, 0.15) is 36.0 Å². The number of halogens is 3. The summed E-state index contributed by atoms with van der Waals surface area (Å²) in [7, 11) is 3.90. The smallest absolute Gasteiger partial charge is 0.254 e. The van der Waals surface area contributed by atoms with Crippen LogP contribution in [0.2, 0.25) is 0 Å². The fourth-order valence-corrected chi connectivity index (χ4v) is 4.19. The van der Waals surface area contributed by atoms with E-state index in [0.29, 0.717) is 24.6 Å². The molecule has 2 N–H and O–H groups in total. The molecule has 1 amide bonds. The third-order valence-electron chi connectivity index (χ3n) is 5.99. The van der Waals surface area contributed by atoms with Crippen molar-refractivity contribution in [3.05, 3.63) is 59.4 Å². The van der Waals surface area contributed by atoms with Crippen molar-refractivity contribution in [1.29, 1.82) is 0 Å². The summed E-state index contributed by atoms with van der Waals surface area (Å²) >= 11 is 0. The number of fused-ring (bicyclic) bond motifs is 1. The second kappa shape index (κ2) is 9.64. The first-order valence-corrected chi connectivity index (χ1v) is 10.9. The first-order chi connectivity index (χ1) is 15.8. The van der Waals surface area contributed by atoms with Crippen LogP contribution in [0.5, 0.6) is 0 Å². The monoisotopic (exact) mass is 457 g/mol. The van der Waals surface area contributed by atoms with Gasteiger partial charge in [0.1, 0.15) is 11.6 Å². The zero-order valence-electron chi connectivity index (χ0n) is 18.5. The number of aromatic nitrogens is 2. The van der Waals surface area contributed by atoms with Gasteiger partial charge in [-0.05, 0) is 49.8 Å². The molecule has 1 aliphatic carbocycles. The molecular weight excluding hydrogens is 431 g/mol. The highest BCUT2D eigenvalue weighted by molar-refractivity contribution is 5.94. The maximum absolute atomic E-state index is 13.8. The van der Waals surface area contributed by atoms with Crippen LogP contribution in [0, 0.1) is 23.4 Å². The molecule has 0 bridgehead atoms. The number of nitrogens with one attached hydrogen (secondary N) is 2. The van der Waals surface area contributed by atoms with Crippen molar-refractivity contribution in [3.63, 3.8) is 0 Å². The summed E-state index contributed by atoms with van der Waals surface area (Å²) in [5.41, 5.74) is 0.383. The first-order valence-electron chi connectivity index (χ1n) is 10.9. The van der Waals surface area contributed by atoms with Gasteiger partial charge in [-0.15, -0.1) is 0 Å². The van der Waals surface area contributed by atoms with Gasteiger partial charge in [-0.3, -0.25) is 4.79 Å². The largest absolute Gasteiger partial charge is 0.362 e. The highest BCUT2D eigenvalue weighted by Crippen LogP contribution is 2.28. The van der Waals surface area contributed by atoms with Crippen LogP contribution >= 0.6 is 0 Å². The van der Waals surface area contributed by atoms with E-state index in [4.69, 9.17) is 0 Å². The van der Waals surface area contributed by atoms with Gasteiger partial charge in [-0.25, -0.2) is 18.2 Å². The van der Waals surface area contributed by atoms with E-state index in [9.17, 15) is 18.0 Å². The van der Waals surface area contributed by atoms with Crippen molar-refractivity contribution < 1.29 is 18.0 Å². The number of hydrogen-bond donors (Lipinski definition) is 2. The number of nitrogens with zero attached hydrogens (tertiary/aromatic N) is 3. The topological polar surface area (TPSA) is 70.2 Å². The maximum atomic E-state index is 13.8. The average molecular weight is 458 g/mol. The Balaban J connectivity index is 1.32. The lowest BCUT2D eigenvalue weighted by molar-refractivity contribution is 0.0938. The molecule has 0 aliphatic heterocycles. The fourth-order valence-electron chi connectivity index (χ4n) is 4.19. The van der Waals surface area contributed by atoms with Crippen LogP contribution < -0.4 is 15.5 Å². The molecule has 0 atom stereocenters. The predicted molar refractivity (Wildman–Crippen MR) is 122 cm³/mol. The Hall–Kier alpha value is -3.36. The van der Waals surface area contributed by atoms with Gasteiger partial charge in [0.25, 0.3) is 5.91 Å². The van der Waals surface area contributed by atoms with Gasteiger partial charge in [0.05, 0.1) is 11.1 Å². The number of para-hydroxylation sites is 1. The number of carbonyl (C=O) groups is 1. The molecule has 2 aromatic carbocycles. The number of hydrogen-bond acceptors (Lipinski definition) is 5. The minimum Gasteiger partial charge on any atom is -0.362 e. The van der Waals surface area contributed by atoms with Gasteiger partial charge in [0.15, 0.2) is 11.6 Å². The molecule has 0 saturated heterocycles. The molecule has 1 fully saturated rings. The summed E-state index contributed by atoms with van der Waals surface area (Å²) < 4.78 is 40.2. The Bertz CT molecular complexity index is 1160. The molecule has 3 aromatic rings. The number of amides is 1. The minimum atomic E-state index is -1.32. The van der Waals surface area contributed by atoms with Gasteiger partial charge < -0.3 is 15.5 Å². The SMILES string of the molecule is CN(C)c1nc(N[C@H]2CC[C@@H](CNC(=O)c3cc(F)c(F)cc3F)CC2)nc2ccccc12. The summed E-state index contributed by atoms with van der Waals surface area (Å²) in [5, 5.41) is 7.07. The van der Waals surface area contributed by atoms with Crippen molar-refractivity contribution in [3.8, 4) is 0 Å². The van der Waals surface area contributed by atoms with Crippen LogP contribution in [0.3, 0.4) is 0 Å². The van der Waals surface area contributed by atoms with Crippen LogP contribution in [0.25, 0.3) is 10.9 Å². The number of rotatable bonds is 6. The molecule has 1 aliphatic rings. The number of carbonyl (C=O) groups excluding carboxylic acids is 1. The van der Waals surface area contributed by atoms with Crippen LogP contribution in [-0.4, -0.2) is 42.6 Å².